The molecule has 0 saturated carbocycles. The largest absolute Gasteiger partial charge is 0.342 e. The number of nitrogens with zero attached hydrogens (tertiary/aromatic N) is 3. The first-order valence-corrected chi connectivity index (χ1v) is 9.79. The SMILES string of the molecule is CC(C)(C)C(=O)N1CCC(C(=O)N2CCN(C(=O)C(C)(C)C)CC2)CC1. The van der Waals surface area contributed by atoms with Gasteiger partial charge in [0.25, 0.3) is 0 Å². The number of carbonyl (C=O) groups excluding carboxylic acids is 3. The molecule has 2 aliphatic rings. The third kappa shape index (κ3) is 4.77. The van der Waals surface area contributed by atoms with Crippen molar-refractivity contribution < 1.29 is 14.4 Å². The summed E-state index contributed by atoms with van der Waals surface area (Å²) in [6.07, 6.45) is 1.48. The average Bonchev–Trinajstić information content (AvgIpc) is 2.58. The third-order valence-electron chi connectivity index (χ3n) is 5.29. The summed E-state index contributed by atoms with van der Waals surface area (Å²) in [7, 11) is 0. The molecule has 2 aliphatic heterocycles. The van der Waals surface area contributed by atoms with Crippen LogP contribution in [0.15, 0.2) is 0 Å². The Hall–Kier alpha value is -1.59. The van der Waals surface area contributed by atoms with E-state index in [0.717, 1.165) is 12.8 Å². The number of carbonyl (C=O) groups is 3. The molecule has 6 nitrogen and oxygen atoms in total. The molecule has 2 fully saturated rings. The summed E-state index contributed by atoms with van der Waals surface area (Å²) >= 11 is 0. The second-order valence-corrected chi connectivity index (χ2v) is 9.68. The van der Waals surface area contributed by atoms with Gasteiger partial charge in [-0.15, -0.1) is 0 Å². The van der Waals surface area contributed by atoms with Crippen LogP contribution in [0.4, 0.5) is 0 Å². The molecule has 0 atom stereocenters. The maximum absolute atomic E-state index is 12.8. The fourth-order valence-corrected chi connectivity index (χ4v) is 3.67. The maximum atomic E-state index is 12.8. The van der Waals surface area contributed by atoms with Crippen LogP contribution in [0.3, 0.4) is 0 Å². The molecule has 2 rings (SSSR count). The van der Waals surface area contributed by atoms with Crippen LogP contribution in [-0.2, 0) is 14.4 Å². The van der Waals surface area contributed by atoms with E-state index in [9.17, 15) is 14.4 Å². The van der Waals surface area contributed by atoms with Gasteiger partial charge >= 0.3 is 0 Å². The Morgan fingerprint density at radius 3 is 1.35 bits per heavy atom. The molecule has 0 aromatic rings. The average molecular weight is 366 g/mol. The van der Waals surface area contributed by atoms with Crippen LogP contribution in [0.5, 0.6) is 0 Å². The van der Waals surface area contributed by atoms with Gasteiger partial charge in [0, 0.05) is 56.0 Å². The Bertz CT molecular complexity index is 496. The fourth-order valence-electron chi connectivity index (χ4n) is 3.67. The van der Waals surface area contributed by atoms with E-state index in [2.05, 4.69) is 0 Å². The molecule has 2 heterocycles. The summed E-state index contributed by atoms with van der Waals surface area (Å²) in [5.74, 6) is 0.510. The lowest BCUT2D eigenvalue weighted by molar-refractivity contribution is -0.148. The topological polar surface area (TPSA) is 60.9 Å². The van der Waals surface area contributed by atoms with Gasteiger partial charge in [-0.2, -0.15) is 0 Å². The van der Waals surface area contributed by atoms with Gasteiger partial charge in [0.1, 0.15) is 0 Å². The van der Waals surface area contributed by atoms with Crippen molar-refractivity contribution >= 4 is 17.7 Å². The fraction of sp³-hybridized carbons (Fsp3) is 0.850. The highest BCUT2D eigenvalue weighted by atomic mass is 16.2. The second-order valence-electron chi connectivity index (χ2n) is 9.68. The van der Waals surface area contributed by atoms with E-state index in [-0.39, 0.29) is 34.5 Å². The normalized spacial score (nSPS) is 20.3. The van der Waals surface area contributed by atoms with Crippen molar-refractivity contribution in [1.82, 2.24) is 14.7 Å². The van der Waals surface area contributed by atoms with Gasteiger partial charge in [0.15, 0.2) is 0 Å². The van der Waals surface area contributed by atoms with E-state index in [1.165, 1.54) is 0 Å². The molecule has 3 amide bonds. The zero-order valence-corrected chi connectivity index (χ0v) is 17.3. The Kier molecular flexibility index (Phi) is 6.03. The van der Waals surface area contributed by atoms with Crippen LogP contribution in [0, 0.1) is 16.7 Å². The van der Waals surface area contributed by atoms with Crippen molar-refractivity contribution in [1.29, 1.82) is 0 Å². The van der Waals surface area contributed by atoms with Crippen molar-refractivity contribution in [3.8, 4) is 0 Å². The number of hydrogen-bond donors (Lipinski definition) is 0. The first-order valence-electron chi connectivity index (χ1n) is 9.79. The van der Waals surface area contributed by atoms with Gasteiger partial charge < -0.3 is 14.7 Å². The minimum absolute atomic E-state index is 0.00360. The summed E-state index contributed by atoms with van der Waals surface area (Å²) in [5, 5.41) is 0. The summed E-state index contributed by atoms with van der Waals surface area (Å²) in [6.45, 7) is 15.4. The number of piperazine rings is 1. The van der Waals surface area contributed by atoms with Crippen LogP contribution < -0.4 is 0 Å². The molecule has 0 unspecified atom stereocenters. The van der Waals surface area contributed by atoms with Crippen LogP contribution in [0.1, 0.15) is 54.4 Å². The molecule has 0 aromatic carbocycles. The predicted molar refractivity (Wildman–Crippen MR) is 101 cm³/mol. The van der Waals surface area contributed by atoms with Crippen molar-refractivity contribution in [3.63, 3.8) is 0 Å². The van der Waals surface area contributed by atoms with Gasteiger partial charge in [-0.3, -0.25) is 14.4 Å². The lowest BCUT2D eigenvalue weighted by atomic mass is 9.90. The number of amides is 3. The van der Waals surface area contributed by atoms with Crippen molar-refractivity contribution in [3.05, 3.63) is 0 Å². The smallest absolute Gasteiger partial charge is 0.228 e. The van der Waals surface area contributed by atoms with E-state index in [4.69, 9.17) is 0 Å². The molecular weight excluding hydrogens is 330 g/mol. The Balaban J connectivity index is 1.83. The standard InChI is InChI=1S/C20H35N3O3/c1-19(2,3)17(25)22-9-7-15(8-10-22)16(24)21-11-13-23(14-12-21)18(26)20(4,5)6/h15H,7-14H2,1-6H3. The molecule has 0 radical (unpaired) electrons. The first-order chi connectivity index (χ1) is 11.9. The molecule has 0 spiro atoms. The molecule has 26 heavy (non-hydrogen) atoms. The highest BCUT2D eigenvalue weighted by Gasteiger charge is 2.36. The number of rotatable bonds is 1. The summed E-state index contributed by atoms with van der Waals surface area (Å²) < 4.78 is 0. The number of hydrogen-bond acceptors (Lipinski definition) is 3. The lowest BCUT2D eigenvalue weighted by Crippen LogP contribution is -2.55. The quantitative estimate of drug-likeness (QED) is 0.714. The first kappa shape index (κ1) is 20.7. The molecular formula is C20H35N3O3. The van der Waals surface area contributed by atoms with Crippen LogP contribution in [0.2, 0.25) is 0 Å². The molecule has 0 aliphatic carbocycles. The van der Waals surface area contributed by atoms with E-state index in [0.29, 0.717) is 39.3 Å². The molecule has 148 valence electrons. The summed E-state index contributed by atoms with van der Waals surface area (Å²) in [5.41, 5.74) is -0.745. The van der Waals surface area contributed by atoms with Crippen molar-refractivity contribution in [2.24, 2.45) is 16.7 Å². The molecule has 6 heteroatoms. The van der Waals surface area contributed by atoms with Crippen LogP contribution >= 0.6 is 0 Å². The lowest BCUT2D eigenvalue weighted by Gasteiger charge is -2.40. The zero-order chi connectivity index (χ0) is 19.7. The van der Waals surface area contributed by atoms with Gasteiger partial charge in [0.05, 0.1) is 0 Å². The predicted octanol–water partition coefficient (Wildman–Crippen LogP) is 1.99. The van der Waals surface area contributed by atoms with Gasteiger partial charge in [-0.25, -0.2) is 0 Å². The van der Waals surface area contributed by atoms with E-state index < -0.39 is 0 Å². The molecule has 2 saturated heterocycles. The third-order valence-corrected chi connectivity index (χ3v) is 5.29. The molecule has 0 bridgehead atoms. The Morgan fingerprint density at radius 2 is 0.962 bits per heavy atom. The maximum Gasteiger partial charge on any atom is 0.228 e. The molecule has 0 N–H and O–H groups in total. The summed E-state index contributed by atoms with van der Waals surface area (Å²) in [4.78, 5) is 43.2. The monoisotopic (exact) mass is 365 g/mol. The minimum atomic E-state index is -0.376. The highest BCUT2D eigenvalue weighted by Crippen LogP contribution is 2.25. The van der Waals surface area contributed by atoms with Crippen LogP contribution in [-0.4, -0.2) is 71.7 Å². The minimum Gasteiger partial charge on any atom is -0.342 e. The van der Waals surface area contributed by atoms with Gasteiger partial charge in [-0.05, 0) is 12.8 Å². The Labute approximate surface area is 157 Å². The van der Waals surface area contributed by atoms with Crippen molar-refractivity contribution in [2.75, 3.05) is 39.3 Å². The van der Waals surface area contributed by atoms with E-state index in [1.54, 1.807) is 0 Å². The highest BCUT2D eigenvalue weighted by molar-refractivity contribution is 5.84. The number of likely N-dealkylation sites (tertiary alicyclic amines) is 1. The summed E-state index contributed by atoms with van der Waals surface area (Å²) in [6, 6.07) is 0. The second kappa shape index (κ2) is 7.57. The number of piperidine rings is 1. The van der Waals surface area contributed by atoms with E-state index >= 15 is 0 Å². The Morgan fingerprint density at radius 1 is 0.615 bits per heavy atom. The molecule has 0 aromatic heterocycles. The van der Waals surface area contributed by atoms with Gasteiger partial charge in [-0.1, -0.05) is 41.5 Å². The van der Waals surface area contributed by atoms with Crippen LogP contribution in [0.25, 0.3) is 0 Å². The van der Waals surface area contributed by atoms with Gasteiger partial charge in [0.2, 0.25) is 17.7 Å². The van der Waals surface area contributed by atoms with Crippen molar-refractivity contribution in [2.45, 2.75) is 54.4 Å². The zero-order valence-electron chi connectivity index (χ0n) is 17.3. The van der Waals surface area contributed by atoms with E-state index in [1.807, 2.05) is 56.2 Å².